The minimum atomic E-state index is -1.30. The van der Waals surface area contributed by atoms with Gasteiger partial charge in [-0.3, -0.25) is 14.2 Å². The first-order valence-corrected chi connectivity index (χ1v) is 10.4. The molecule has 0 fully saturated rings. The Balaban J connectivity index is 0.00000272. The summed E-state index contributed by atoms with van der Waals surface area (Å²) in [5.41, 5.74) is 2.57. The third kappa shape index (κ3) is 3.56. The van der Waals surface area contributed by atoms with Gasteiger partial charge in [0.2, 0.25) is 5.91 Å². The van der Waals surface area contributed by atoms with Gasteiger partial charge >= 0.3 is 5.97 Å². The maximum atomic E-state index is 13.8. The van der Waals surface area contributed by atoms with Crippen LogP contribution in [0.4, 0.5) is 0 Å². The normalized spacial score (nSPS) is 20.0. The number of carbonyl (C=O) groups excluding carboxylic acids is 2. The van der Waals surface area contributed by atoms with E-state index < -0.39 is 17.3 Å². The predicted octanol–water partition coefficient (Wildman–Crippen LogP) is 4.52. The molecule has 4 rings (SSSR count). The van der Waals surface area contributed by atoms with Crippen molar-refractivity contribution < 1.29 is 14.3 Å². The topological polar surface area (TPSA) is 51.5 Å². The van der Waals surface area contributed by atoms with Crippen LogP contribution in [0, 0.1) is 5.41 Å². The Morgan fingerprint density at radius 3 is 2.39 bits per heavy atom. The van der Waals surface area contributed by atoms with E-state index in [9.17, 15) is 9.59 Å². The molecule has 31 heavy (non-hydrogen) atoms. The SMILES string of the molecule is CCOC(=O)C1(C)C(=O)n2c(c(CCN(C)C)c3ccccc32)C1c1ccccc1.Cl. The fourth-order valence-electron chi connectivity index (χ4n) is 4.70. The molecule has 0 saturated carbocycles. The van der Waals surface area contributed by atoms with Gasteiger partial charge in [0.1, 0.15) is 0 Å². The van der Waals surface area contributed by atoms with Gasteiger partial charge in [0.15, 0.2) is 5.41 Å². The van der Waals surface area contributed by atoms with Crippen molar-refractivity contribution in [3.05, 3.63) is 71.4 Å². The van der Waals surface area contributed by atoms with Gasteiger partial charge in [0.05, 0.1) is 12.1 Å². The monoisotopic (exact) mass is 440 g/mol. The molecule has 6 heteroatoms. The van der Waals surface area contributed by atoms with Crippen LogP contribution >= 0.6 is 12.4 Å². The number of rotatable bonds is 6. The Hall–Kier alpha value is -2.63. The Kier molecular flexibility index (Phi) is 6.58. The smallest absolute Gasteiger partial charge is 0.322 e. The summed E-state index contributed by atoms with van der Waals surface area (Å²) in [7, 11) is 4.09. The minimum absolute atomic E-state index is 0. The summed E-state index contributed by atoms with van der Waals surface area (Å²) in [5.74, 6) is -1.07. The molecule has 1 aliphatic heterocycles. The van der Waals surface area contributed by atoms with Crippen molar-refractivity contribution in [2.24, 2.45) is 5.41 Å². The molecule has 0 N–H and O–H groups in total. The molecule has 0 spiro atoms. The summed E-state index contributed by atoms with van der Waals surface area (Å²) in [6.45, 7) is 4.61. The summed E-state index contributed by atoms with van der Waals surface area (Å²) in [4.78, 5) is 29.1. The number of nitrogens with zero attached hydrogens (tertiary/aromatic N) is 2. The van der Waals surface area contributed by atoms with Gasteiger partial charge in [-0.15, -0.1) is 12.4 Å². The van der Waals surface area contributed by atoms with Crippen molar-refractivity contribution in [1.82, 2.24) is 9.47 Å². The van der Waals surface area contributed by atoms with E-state index >= 15 is 0 Å². The van der Waals surface area contributed by atoms with E-state index in [1.807, 2.05) is 62.6 Å². The Morgan fingerprint density at radius 1 is 1.10 bits per heavy atom. The number of benzene rings is 2. The van der Waals surface area contributed by atoms with Gasteiger partial charge in [0, 0.05) is 23.5 Å². The molecule has 2 heterocycles. The number of fused-ring (bicyclic) bond motifs is 3. The van der Waals surface area contributed by atoms with Gasteiger partial charge in [-0.25, -0.2) is 0 Å². The lowest BCUT2D eigenvalue weighted by atomic mass is 9.72. The van der Waals surface area contributed by atoms with Crippen LogP contribution in [-0.2, 0) is 16.0 Å². The average molecular weight is 441 g/mol. The van der Waals surface area contributed by atoms with E-state index in [0.29, 0.717) is 0 Å². The zero-order valence-electron chi connectivity index (χ0n) is 18.4. The summed E-state index contributed by atoms with van der Waals surface area (Å²) in [6, 6.07) is 17.8. The molecule has 0 aliphatic carbocycles. The number of carbonyl (C=O) groups is 2. The number of hydrogen-bond acceptors (Lipinski definition) is 4. The standard InChI is InChI=1S/C25H28N2O3.ClH/c1-5-30-24(29)25(2)21(17-11-7-6-8-12-17)22-19(15-16-26(3)4)18-13-9-10-14-20(18)27(22)23(25)28;/h6-14,21H,5,15-16H2,1-4H3;1H. The Morgan fingerprint density at radius 2 is 1.74 bits per heavy atom. The highest BCUT2D eigenvalue weighted by molar-refractivity contribution is 6.12. The lowest BCUT2D eigenvalue weighted by Crippen LogP contribution is -2.40. The van der Waals surface area contributed by atoms with Crippen LogP contribution in [0.5, 0.6) is 0 Å². The average Bonchev–Trinajstić information content (AvgIpc) is 3.17. The van der Waals surface area contributed by atoms with Crippen molar-refractivity contribution >= 4 is 35.2 Å². The molecular weight excluding hydrogens is 412 g/mol. The van der Waals surface area contributed by atoms with E-state index in [4.69, 9.17) is 4.74 Å². The van der Waals surface area contributed by atoms with Gasteiger partial charge < -0.3 is 9.64 Å². The van der Waals surface area contributed by atoms with Crippen molar-refractivity contribution in [2.45, 2.75) is 26.2 Å². The van der Waals surface area contributed by atoms with E-state index in [1.54, 1.807) is 18.4 Å². The van der Waals surface area contributed by atoms with Crippen molar-refractivity contribution in [3.63, 3.8) is 0 Å². The van der Waals surface area contributed by atoms with E-state index in [-0.39, 0.29) is 24.9 Å². The lowest BCUT2D eigenvalue weighted by molar-refractivity contribution is -0.151. The summed E-state index contributed by atoms with van der Waals surface area (Å²) in [6.07, 6.45) is 0.797. The zero-order chi connectivity index (χ0) is 21.5. The van der Waals surface area contributed by atoms with Crippen LogP contribution in [0.25, 0.3) is 10.9 Å². The highest BCUT2D eigenvalue weighted by Crippen LogP contribution is 2.52. The van der Waals surface area contributed by atoms with E-state index in [2.05, 4.69) is 11.0 Å². The van der Waals surface area contributed by atoms with E-state index in [1.165, 1.54) is 0 Å². The van der Waals surface area contributed by atoms with Gasteiger partial charge in [-0.2, -0.15) is 0 Å². The third-order valence-electron chi connectivity index (χ3n) is 6.16. The molecule has 0 radical (unpaired) electrons. The first-order chi connectivity index (χ1) is 14.4. The molecular formula is C25H29ClN2O3. The number of halogens is 1. The van der Waals surface area contributed by atoms with Crippen LogP contribution in [0.3, 0.4) is 0 Å². The van der Waals surface area contributed by atoms with Crippen molar-refractivity contribution in [2.75, 3.05) is 27.2 Å². The van der Waals surface area contributed by atoms with Crippen molar-refractivity contribution in [1.29, 1.82) is 0 Å². The first-order valence-electron chi connectivity index (χ1n) is 10.4. The summed E-state index contributed by atoms with van der Waals surface area (Å²) in [5, 5.41) is 1.08. The first kappa shape index (κ1) is 23.0. The largest absolute Gasteiger partial charge is 0.465 e. The second-order valence-electron chi connectivity index (χ2n) is 8.34. The quantitative estimate of drug-likeness (QED) is 0.417. The van der Waals surface area contributed by atoms with Crippen LogP contribution in [0.2, 0.25) is 0 Å². The maximum absolute atomic E-state index is 13.8. The molecule has 3 aromatic rings. The number of para-hydroxylation sites is 1. The van der Waals surface area contributed by atoms with Crippen molar-refractivity contribution in [3.8, 4) is 0 Å². The molecule has 2 atom stereocenters. The molecule has 164 valence electrons. The molecule has 1 aliphatic rings. The third-order valence-corrected chi connectivity index (χ3v) is 6.16. The van der Waals surface area contributed by atoms with Gasteiger partial charge in [-0.05, 0) is 51.6 Å². The molecule has 5 nitrogen and oxygen atoms in total. The second kappa shape index (κ2) is 8.85. The molecule has 0 bridgehead atoms. The summed E-state index contributed by atoms with van der Waals surface area (Å²) < 4.78 is 7.19. The fraction of sp³-hybridized carbons (Fsp3) is 0.360. The molecule has 0 saturated heterocycles. The molecule has 1 aromatic heterocycles. The molecule has 2 aromatic carbocycles. The highest BCUT2D eigenvalue weighted by atomic mass is 35.5. The molecule has 2 unspecified atom stereocenters. The van der Waals surface area contributed by atoms with Crippen LogP contribution in [0.15, 0.2) is 54.6 Å². The Labute approximate surface area is 189 Å². The maximum Gasteiger partial charge on any atom is 0.322 e. The fourth-order valence-corrected chi connectivity index (χ4v) is 4.70. The van der Waals surface area contributed by atoms with Crippen LogP contribution in [0.1, 0.15) is 41.4 Å². The number of ether oxygens (including phenoxy) is 1. The lowest BCUT2D eigenvalue weighted by Gasteiger charge is -2.28. The van der Waals surface area contributed by atoms with Crippen LogP contribution in [-0.4, -0.2) is 48.6 Å². The van der Waals surface area contributed by atoms with Gasteiger partial charge in [-0.1, -0.05) is 48.5 Å². The summed E-state index contributed by atoms with van der Waals surface area (Å²) >= 11 is 0. The second-order valence-corrected chi connectivity index (χ2v) is 8.34. The predicted molar refractivity (Wildman–Crippen MR) is 125 cm³/mol. The number of likely N-dealkylation sites (N-methyl/N-ethyl adjacent to an activating group) is 1. The van der Waals surface area contributed by atoms with E-state index in [0.717, 1.165) is 40.7 Å². The van der Waals surface area contributed by atoms with Crippen LogP contribution < -0.4 is 0 Å². The zero-order valence-corrected chi connectivity index (χ0v) is 19.2. The number of hydrogen-bond donors (Lipinski definition) is 0. The number of aromatic nitrogens is 1. The Bertz CT molecular complexity index is 1110. The van der Waals surface area contributed by atoms with Gasteiger partial charge in [0.25, 0.3) is 0 Å². The minimum Gasteiger partial charge on any atom is -0.465 e. The molecule has 0 amide bonds. The number of esters is 1. The highest BCUT2D eigenvalue weighted by Gasteiger charge is 2.58.